The quantitative estimate of drug-likeness (QED) is 0.521. The monoisotopic (exact) mass is 260 g/mol. The number of hydrogen-bond acceptors (Lipinski definition) is 1. The molecular weight excluding hydrogens is 246 g/mol. The summed E-state index contributed by atoms with van der Waals surface area (Å²) in [5.41, 5.74) is 0.103. The van der Waals surface area contributed by atoms with Crippen LogP contribution in [0.15, 0.2) is 0 Å². The second-order valence-corrected chi connectivity index (χ2v) is 9.20. The summed E-state index contributed by atoms with van der Waals surface area (Å²) in [6.45, 7) is 4.19. The van der Waals surface area contributed by atoms with Gasteiger partial charge < -0.3 is 4.67 Å². The first kappa shape index (κ1) is 13.2. The molecule has 0 N–H and O–H groups in total. The van der Waals surface area contributed by atoms with Gasteiger partial charge in [0.25, 0.3) is 0 Å². The van der Waals surface area contributed by atoms with E-state index >= 15 is 0 Å². The molecule has 6 heteroatoms. The molecule has 0 aromatic rings. The Kier molecular flexibility index (Phi) is 5.71. The van der Waals surface area contributed by atoms with Crippen LogP contribution in [0.25, 0.3) is 0 Å². The zero-order valence-corrected chi connectivity index (χ0v) is 11.9. The minimum absolute atomic E-state index is 0.103. The van der Waals surface area contributed by atoms with Crippen molar-refractivity contribution >= 4 is 36.4 Å². The van der Waals surface area contributed by atoms with E-state index in [1.165, 1.54) is 0 Å². The summed E-state index contributed by atoms with van der Waals surface area (Å²) < 4.78 is 1.93. The second-order valence-electron chi connectivity index (χ2n) is 3.07. The fourth-order valence-corrected chi connectivity index (χ4v) is 4.88. The molecule has 0 bridgehead atoms. The molecule has 0 aliphatic carbocycles. The third kappa shape index (κ3) is 2.86. The second kappa shape index (κ2) is 5.18. The van der Waals surface area contributed by atoms with Crippen molar-refractivity contribution in [2.24, 2.45) is 0 Å². The van der Waals surface area contributed by atoms with Crippen LogP contribution >= 0.6 is 25.3 Å². The van der Waals surface area contributed by atoms with Gasteiger partial charge in [0.05, 0.1) is 12.0 Å². The van der Waals surface area contributed by atoms with Gasteiger partial charge in [-0.05, 0) is 13.8 Å². The molecule has 0 radical (unpaired) electrons. The Morgan fingerprint density at radius 1 is 1.58 bits per heavy atom. The van der Waals surface area contributed by atoms with Crippen LogP contribution < -0.4 is 0 Å². The van der Waals surface area contributed by atoms with Crippen LogP contribution in [-0.2, 0) is 21.8 Å². The molecule has 69 valence electrons. The fraction of sp³-hybridized carbons (Fsp3) is 0.667. The molecule has 1 aliphatic heterocycles. The van der Waals surface area contributed by atoms with Crippen molar-refractivity contribution in [3.8, 4) is 0 Å². The molecule has 2 atom stereocenters. The van der Waals surface area contributed by atoms with Gasteiger partial charge in [-0.25, -0.2) is 0 Å². The third-order valence-corrected chi connectivity index (χ3v) is 4.24. The molecule has 1 saturated heterocycles. The van der Waals surface area contributed by atoms with Gasteiger partial charge in [-0.2, -0.15) is 0 Å². The van der Waals surface area contributed by atoms with Gasteiger partial charge in [0.1, 0.15) is 0 Å². The van der Waals surface area contributed by atoms with E-state index < -0.39 is 0 Å². The third-order valence-electron chi connectivity index (χ3n) is 1.62. The van der Waals surface area contributed by atoms with Crippen LogP contribution in [0.3, 0.4) is 0 Å². The van der Waals surface area contributed by atoms with Gasteiger partial charge >= 0.3 is 22.2 Å². The number of carbonyl (C=O) groups excluding carboxylic acids is 1. The van der Waals surface area contributed by atoms with Crippen LogP contribution in [0, 0.1) is 0 Å². The van der Waals surface area contributed by atoms with Crippen molar-refractivity contribution in [2.45, 2.75) is 25.8 Å². The van der Waals surface area contributed by atoms with Gasteiger partial charge in [-0.3, -0.25) is 4.79 Å². The summed E-state index contributed by atoms with van der Waals surface area (Å²) in [5, 5.41) is 3.19. The number of nitrogens with zero attached hydrogens (tertiary/aromatic N) is 1. The summed E-state index contributed by atoms with van der Waals surface area (Å²) in [6, 6.07) is 0. The van der Waals surface area contributed by atoms with Crippen LogP contribution in [-0.4, -0.2) is 21.3 Å². The molecular formula is C6H14NOP3V. The Balaban J connectivity index is 0.000000561. The average molecular weight is 260 g/mol. The van der Waals surface area contributed by atoms with E-state index in [4.69, 9.17) is 0 Å². The van der Waals surface area contributed by atoms with Gasteiger partial charge in [-0.1, -0.05) is 17.9 Å². The predicted molar refractivity (Wildman–Crippen MR) is 59.0 cm³/mol. The first-order valence-electron chi connectivity index (χ1n) is 3.39. The first-order chi connectivity index (χ1) is 5.45. The molecule has 0 aromatic carbocycles. The van der Waals surface area contributed by atoms with Gasteiger partial charge in [0, 0.05) is 7.45 Å². The molecule has 0 spiro atoms. The Morgan fingerprint density at radius 2 is 2.00 bits per heavy atom. The van der Waals surface area contributed by atoms with Crippen LogP contribution in [0.2, 0.25) is 0 Å². The van der Waals surface area contributed by atoms with E-state index in [0.717, 1.165) is 0 Å². The molecule has 0 aromatic heterocycles. The molecule has 12 heavy (non-hydrogen) atoms. The maximum atomic E-state index is 11.0. The Bertz CT molecular complexity index is 186. The van der Waals surface area contributed by atoms with Crippen molar-refractivity contribution in [3.05, 3.63) is 0 Å². The Morgan fingerprint density at radius 3 is 2.08 bits per heavy atom. The van der Waals surface area contributed by atoms with Crippen molar-refractivity contribution in [1.82, 2.24) is 4.67 Å². The van der Waals surface area contributed by atoms with E-state index in [0.29, 0.717) is 6.42 Å². The van der Waals surface area contributed by atoms with Crippen LogP contribution in [0.1, 0.15) is 20.3 Å². The summed E-state index contributed by atoms with van der Waals surface area (Å²) >= 11 is 2.06. The fourth-order valence-electron chi connectivity index (χ4n) is 1.21. The van der Waals surface area contributed by atoms with Crippen molar-refractivity contribution in [3.63, 3.8) is 0 Å². The van der Waals surface area contributed by atoms with E-state index in [1.54, 1.807) is 0 Å². The topological polar surface area (TPSA) is 20.3 Å². The molecule has 1 aliphatic rings. The standard InChI is InChI=1S/C5H12NOP3.CH2.V/c1-5(2)3-4(7)6(5)10(8)9;;/h3,8-9H2,1-2H3;1H2;. The maximum absolute atomic E-state index is 11.0. The molecule has 1 amide bonds. The number of rotatable bonds is 1. The van der Waals surface area contributed by atoms with Crippen molar-refractivity contribution < 1.29 is 21.8 Å². The molecule has 2 unspecified atom stereocenters. The summed E-state index contributed by atoms with van der Waals surface area (Å²) in [7, 11) is 4.95. The predicted octanol–water partition coefficient (Wildman–Crippen LogP) is 1.94. The number of amides is 1. The van der Waals surface area contributed by atoms with Gasteiger partial charge in [0.15, 0.2) is 0 Å². The first-order valence-corrected chi connectivity index (χ1v) is 8.91. The van der Waals surface area contributed by atoms with Crippen LogP contribution in [0.5, 0.6) is 0 Å². The van der Waals surface area contributed by atoms with Gasteiger partial charge in [-0.15, -0.1) is 0 Å². The van der Waals surface area contributed by atoms with Gasteiger partial charge in [0.2, 0.25) is 5.91 Å². The molecule has 1 rings (SSSR count). The summed E-state index contributed by atoms with van der Waals surface area (Å²) in [4.78, 5) is 11.0. The van der Waals surface area contributed by atoms with Crippen LogP contribution in [0.4, 0.5) is 0 Å². The van der Waals surface area contributed by atoms with Crippen molar-refractivity contribution in [2.75, 3.05) is 0 Å². The molecule has 1 fully saturated rings. The number of carbonyl (C=O) groups is 1. The van der Waals surface area contributed by atoms with Crippen molar-refractivity contribution in [1.29, 1.82) is 0 Å². The van der Waals surface area contributed by atoms with E-state index in [9.17, 15) is 4.79 Å². The normalized spacial score (nSPS) is 19.7. The SMILES string of the molecule is CC1(C)CC(=O)N1P(P)P.[CH2]=[V]. The molecule has 2 nitrogen and oxygen atoms in total. The summed E-state index contributed by atoms with van der Waals surface area (Å²) in [6.07, 6.45) is 0.703. The zero-order chi connectivity index (χ0) is 9.94. The average Bonchev–Trinajstić information content (AvgIpc) is 1.87. The Labute approximate surface area is 88.7 Å². The number of β-lactam (4-membered cyclic amide) rings is 1. The summed E-state index contributed by atoms with van der Waals surface area (Å²) in [5.74, 6) is 0.279. The molecule has 1 heterocycles. The van der Waals surface area contributed by atoms with E-state index in [-0.39, 0.29) is 18.9 Å². The molecule has 0 saturated carbocycles. The van der Waals surface area contributed by atoms with E-state index in [2.05, 4.69) is 53.9 Å². The zero-order valence-electron chi connectivity index (χ0n) is 7.32. The Hall–Kier alpha value is 1.21. The van der Waals surface area contributed by atoms with E-state index in [1.807, 2.05) is 4.67 Å². The minimum atomic E-state index is -0.385. The number of hydrogen-bond donors (Lipinski definition) is 0.